The van der Waals surface area contributed by atoms with E-state index in [0.717, 1.165) is 12.8 Å². The van der Waals surface area contributed by atoms with E-state index < -0.39 is 0 Å². The number of rotatable bonds is 3. The van der Waals surface area contributed by atoms with Crippen molar-refractivity contribution in [3.05, 3.63) is 0 Å². The Balaban J connectivity index is 3.17. The highest BCUT2D eigenvalue weighted by Gasteiger charge is 2.05. The van der Waals surface area contributed by atoms with Crippen LogP contribution < -0.4 is 11.5 Å². The number of nitrogens with two attached hydrogens (primary N) is 2. The van der Waals surface area contributed by atoms with Gasteiger partial charge in [-0.3, -0.25) is 0 Å². The van der Waals surface area contributed by atoms with Crippen LogP contribution in [-0.4, -0.2) is 11.4 Å². The van der Waals surface area contributed by atoms with Crippen LogP contribution in [-0.2, 0) is 0 Å². The largest absolute Gasteiger partial charge is 0.315 e. The molecule has 0 saturated carbocycles. The molecule has 0 amide bonds. The molecule has 3 heteroatoms. The summed E-state index contributed by atoms with van der Waals surface area (Å²) in [6.45, 7) is 2.09. The van der Waals surface area contributed by atoms with Crippen molar-refractivity contribution in [3.8, 4) is 0 Å². The number of hydrogen-bond acceptors (Lipinski definition) is 3. The van der Waals surface area contributed by atoms with Gasteiger partial charge in [0.05, 0.1) is 6.17 Å². The Morgan fingerprint density at radius 2 is 2.00 bits per heavy atom. The van der Waals surface area contributed by atoms with Crippen LogP contribution in [0, 0.1) is 0 Å². The molecule has 0 spiro atoms. The van der Waals surface area contributed by atoms with Crippen LogP contribution in [0.25, 0.3) is 0 Å². The Bertz CT molecular complexity index is 56.4. The van der Waals surface area contributed by atoms with E-state index in [-0.39, 0.29) is 11.4 Å². The molecule has 8 heavy (non-hydrogen) atoms. The average Bonchev–Trinajstić information content (AvgIpc) is 1.67. The fourth-order valence-corrected chi connectivity index (χ4v) is 0.746. The van der Waals surface area contributed by atoms with Gasteiger partial charge in [-0.05, 0) is 6.42 Å². The lowest BCUT2D eigenvalue weighted by Crippen LogP contribution is -2.39. The molecule has 0 heterocycles. The van der Waals surface area contributed by atoms with E-state index in [2.05, 4.69) is 19.6 Å². The molecule has 0 rings (SSSR count). The van der Waals surface area contributed by atoms with Crippen molar-refractivity contribution in [1.29, 1.82) is 0 Å². The summed E-state index contributed by atoms with van der Waals surface area (Å²) in [5.74, 6) is 0. The van der Waals surface area contributed by atoms with Crippen LogP contribution in [0.1, 0.15) is 19.8 Å². The predicted molar refractivity (Wildman–Crippen MR) is 39.8 cm³/mol. The van der Waals surface area contributed by atoms with Crippen LogP contribution in [0.4, 0.5) is 0 Å². The predicted octanol–water partition coefficient (Wildman–Crippen LogP) is 0.328. The van der Waals surface area contributed by atoms with Crippen molar-refractivity contribution >= 4 is 12.6 Å². The minimum absolute atomic E-state index is 0.167. The second-order valence-corrected chi connectivity index (χ2v) is 2.60. The Morgan fingerprint density at radius 3 is 2.12 bits per heavy atom. The van der Waals surface area contributed by atoms with Crippen LogP contribution in [0.2, 0.25) is 0 Å². The normalized spacial score (nSPS) is 14.6. The van der Waals surface area contributed by atoms with Crippen molar-refractivity contribution < 1.29 is 0 Å². The lowest BCUT2D eigenvalue weighted by Gasteiger charge is -2.11. The summed E-state index contributed by atoms with van der Waals surface area (Å²) < 4.78 is 0. The molecule has 1 unspecified atom stereocenters. The van der Waals surface area contributed by atoms with Gasteiger partial charge < -0.3 is 11.5 Å². The Morgan fingerprint density at radius 1 is 1.50 bits per heavy atom. The maximum absolute atomic E-state index is 5.32. The molecule has 2 nitrogen and oxygen atoms in total. The molecule has 0 aromatic carbocycles. The summed E-state index contributed by atoms with van der Waals surface area (Å²) >= 11 is 4.15. The van der Waals surface area contributed by atoms with Crippen molar-refractivity contribution in [3.63, 3.8) is 0 Å². The molecular formula is C5H14N2S. The average molecular weight is 134 g/mol. The van der Waals surface area contributed by atoms with Crippen LogP contribution in [0.15, 0.2) is 0 Å². The van der Waals surface area contributed by atoms with Gasteiger partial charge in [0.15, 0.2) is 0 Å². The van der Waals surface area contributed by atoms with Crippen LogP contribution >= 0.6 is 12.6 Å². The molecule has 0 aliphatic carbocycles. The molecule has 0 fully saturated rings. The van der Waals surface area contributed by atoms with Gasteiger partial charge in [-0.25, -0.2) is 0 Å². The SMILES string of the molecule is CCCC(S)C(N)N. The molecular weight excluding hydrogens is 120 g/mol. The second kappa shape index (κ2) is 4.18. The summed E-state index contributed by atoms with van der Waals surface area (Å²) in [6, 6.07) is 0. The zero-order chi connectivity index (χ0) is 6.57. The molecule has 0 aromatic heterocycles. The summed E-state index contributed by atoms with van der Waals surface area (Å²) in [5, 5.41) is 0.167. The zero-order valence-electron chi connectivity index (χ0n) is 5.17. The van der Waals surface area contributed by atoms with E-state index in [1.54, 1.807) is 0 Å². The van der Waals surface area contributed by atoms with E-state index in [4.69, 9.17) is 11.5 Å². The van der Waals surface area contributed by atoms with E-state index in [0.29, 0.717) is 0 Å². The van der Waals surface area contributed by atoms with Crippen molar-refractivity contribution in [2.45, 2.75) is 31.2 Å². The first-order valence-corrected chi connectivity index (χ1v) is 3.39. The molecule has 0 aromatic rings. The number of hydrogen-bond donors (Lipinski definition) is 3. The fraction of sp³-hybridized carbons (Fsp3) is 1.00. The van der Waals surface area contributed by atoms with Gasteiger partial charge in [-0.15, -0.1) is 0 Å². The smallest absolute Gasteiger partial charge is 0.0640 e. The monoisotopic (exact) mass is 134 g/mol. The third-order valence-electron chi connectivity index (χ3n) is 1.03. The van der Waals surface area contributed by atoms with Gasteiger partial charge in [0.1, 0.15) is 0 Å². The standard InChI is InChI=1S/C5H14N2S/c1-2-3-4(8)5(6)7/h4-5,8H,2-3,6-7H2,1H3. The van der Waals surface area contributed by atoms with Gasteiger partial charge in [0.2, 0.25) is 0 Å². The first-order valence-electron chi connectivity index (χ1n) is 2.87. The summed E-state index contributed by atoms with van der Waals surface area (Å²) in [7, 11) is 0. The fourth-order valence-electron chi connectivity index (χ4n) is 0.488. The summed E-state index contributed by atoms with van der Waals surface area (Å²) in [4.78, 5) is 0. The lowest BCUT2D eigenvalue weighted by molar-refractivity contribution is 0.615. The minimum Gasteiger partial charge on any atom is -0.315 e. The van der Waals surface area contributed by atoms with E-state index in [1.807, 2.05) is 0 Å². The summed E-state index contributed by atoms with van der Waals surface area (Å²) in [5.41, 5.74) is 10.6. The summed E-state index contributed by atoms with van der Waals surface area (Å²) in [6.07, 6.45) is 1.83. The number of thiol groups is 1. The van der Waals surface area contributed by atoms with Gasteiger partial charge in [-0.1, -0.05) is 13.3 Å². The molecule has 0 radical (unpaired) electrons. The highest BCUT2D eigenvalue weighted by molar-refractivity contribution is 7.81. The molecule has 0 bridgehead atoms. The molecule has 0 aliphatic heterocycles. The van der Waals surface area contributed by atoms with Gasteiger partial charge in [-0.2, -0.15) is 12.6 Å². The lowest BCUT2D eigenvalue weighted by atomic mass is 10.2. The van der Waals surface area contributed by atoms with Gasteiger partial charge >= 0.3 is 0 Å². The Kier molecular flexibility index (Phi) is 4.32. The van der Waals surface area contributed by atoms with E-state index in [9.17, 15) is 0 Å². The van der Waals surface area contributed by atoms with Crippen molar-refractivity contribution in [2.75, 3.05) is 0 Å². The highest BCUT2D eigenvalue weighted by atomic mass is 32.1. The zero-order valence-corrected chi connectivity index (χ0v) is 6.07. The van der Waals surface area contributed by atoms with Gasteiger partial charge in [0.25, 0.3) is 0 Å². The first-order chi connectivity index (χ1) is 3.68. The quantitative estimate of drug-likeness (QED) is 0.385. The van der Waals surface area contributed by atoms with Gasteiger partial charge in [0, 0.05) is 5.25 Å². The molecule has 1 atom stereocenters. The Hall–Kier alpha value is 0.270. The maximum Gasteiger partial charge on any atom is 0.0640 e. The second-order valence-electron chi connectivity index (χ2n) is 1.93. The third-order valence-corrected chi connectivity index (χ3v) is 1.63. The highest BCUT2D eigenvalue weighted by Crippen LogP contribution is 2.03. The minimum atomic E-state index is -0.265. The molecule has 0 aliphatic rings. The van der Waals surface area contributed by atoms with Crippen LogP contribution in [0.5, 0.6) is 0 Å². The Labute approximate surface area is 56.0 Å². The topological polar surface area (TPSA) is 52.0 Å². The van der Waals surface area contributed by atoms with E-state index in [1.165, 1.54) is 0 Å². The van der Waals surface area contributed by atoms with Crippen molar-refractivity contribution in [2.24, 2.45) is 11.5 Å². The first kappa shape index (κ1) is 8.27. The molecule has 0 saturated heterocycles. The molecule has 4 N–H and O–H groups in total. The van der Waals surface area contributed by atoms with E-state index >= 15 is 0 Å². The maximum atomic E-state index is 5.32. The molecule has 50 valence electrons. The third kappa shape index (κ3) is 3.29. The van der Waals surface area contributed by atoms with Crippen LogP contribution in [0.3, 0.4) is 0 Å². The van der Waals surface area contributed by atoms with Crippen molar-refractivity contribution in [1.82, 2.24) is 0 Å².